The average molecular weight is 377 g/mol. The third-order valence-corrected chi connectivity index (χ3v) is 5.68. The molecule has 0 aliphatic carbocycles. The number of piperidine rings is 1. The molecule has 0 atom stereocenters. The Morgan fingerprint density at radius 1 is 1.07 bits per heavy atom. The molecule has 4 heterocycles. The molecule has 8 nitrogen and oxygen atoms in total. The molecule has 1 saturated heterocycles. The Morgan fingerprint density at radius 2 is 1.89 bits per heavy atom. The molecule has 2 aromatic heterocycles. The first-order valence-corrected chi connectivity index (χ1v) is 9.82. The molecule has 1 aromatic carbocycles. The zero-order valence-corrected chi connectivity index (χ0v) is 15.6. The number of aromatic amines is 1. The Labute approximate surface area is 163 Å². The molecule has 144 valence electrons. The summed E-state index contributed by atoms with van der Waals surface area (Å²) in [5.74, 6) is 2.48. The number of nitrogens with one attached hydrogen (secondary N) is 2. The van der Waals surface area contributed by atoms with E-state index in [9.17, 15) is 4.79 Å². The molecule has 3 aromatic rings. The first kappa shape index (κ1) is 17.1. The lowest BCUT2D eigenvalue weighted by Crippen LogP contribution is -2.39. The van der Waals surface area contributed by atoms with Gasteiger partial charge in [-0.05, 0) is 18.9 Å². The maximum Gasteiger partial charge on any atom is 0.271 e. The Balaban J connectivity index is 1.25. The summed E-state index contributed by atoms with van der Waals surface area (Å²) in [6, 6.07) is 11.7. The monoisotopic (exact) mass is 377 g/mol. The third-order valence-electron chi connectivity index (χ3n) is 5.68. The van der Waals surface area contributed by atoms with E-state index in [2.05, 4.69) is 30.3 Å². The van der Waals surface area contributed by atoms with Crippen LogP contribution in [0, 0.1) is 0 Å². The van der Waals surface area contributed by atoms with Crippen molar-refractivity contribution in [3.8, 4) is 11.3 Å². The van der Waals surface area contributed by atoms with Gasteiger partial charge in [0.2, 0.25) is 0 Å². The van der Waals surface area contributed by atoms with E-state index in [1.54, 1.807) is 0 Å². The van der Waals surface area contributed by atoms with Gasteiger partial charge in [0.15, 0.2) is 0 Å². The number of likely N-dealkylation sites (tertiary alicyclic amines) is 1. The van der Waals surface area contributed by atoms with Crippen LogP contribution in [0.3, 0.4) is 0 Å². The van der Waals surface area contributed by atoms with Crippen molar-refractivity contribution in [3.05, 3.63) is 53.7 Å². The Kier molecular flexibility index (Phi) is 4.40. The van der Waals surface area contributed by atoms with E-state index in [4.69, 9.17) is 0 Å². The molecular weight excluding hydrogens is 354 g/mol. The van der Waals surface area contributed by atoms with Crippen molar-refractivity contribution < 1.29 is 4.79 Å². The number of hydrogen-bond acceptors (Lipinski definition) is 5. The number of nitrogens with zero attached hydrogens (tertiary/aromatic N) is 5. The van der Waals surface area contributed by atoms with Crippen LogP contribution in [0.5, 0.6) is 0 Å². The van der Waals surface area contributed by atoms with E-state index < -0.39 is 0 Å². The van der Waals surface area contributed by atoms with Crippen molar-refractivity contribution in [2.75, 3.05) is 19.6 Å². The van der Waals surface area contributed by atoms with Crippen molar-refractivity contribution >= 4 is 5.91 Å². The third kappa shape index (κ3) is 3.09. The fraction of sp³-hybridized carbons (Fsp3) is 0.400. The second-order valence-corrected chi connectivity index (χ2v) is 7.40. The van der Waals surface area contributed by atoms with Gasteiger partial charge in [0.25, 0.3) is 5.91 Å². The van der Waals surface area contributed by atoms with Crippen LogP contribution in [-0.2, 0) is 13.1 Å². The molecule has 0 radical (unpaired) electrons. The Bertz CT molecular complexity index is 970. The van der Waals surface area contributed by atoms with Crippen LogP contribution in [0.15, 0.2) is 36.4 Å². The zero-order chi connectivity index (χ0) is 18.9. The molecule has 0 bridgehead atoms. The summed E-state index contributed by atoms with van der Waals surface area (Å²) in [6.45, 7) is 4.12. The fourth-order valence-electron chi connectivity index (χ4n) is 4.12. The first-order valence-electron chi connectivity index (χ1n) is 9.82. The van der Waals surface area contributed by atoms with Gasteiger partial charge >= 0.3 is 0 Å². The SMILES string of the molecule is O=C(c1cc(-c2ccccc2)n[nH]1)N1CCC(c2nnc3n2CCNC3)CC1. The quantitative estimate of drug-likeness (QED) is 0.726. The van der Waals surface area contributed by atoms with E-state index in [1.165, 1.54) is 0 Å². The van der Waals surface area contributed by atoms with Gasteiger partial charge in [0.05, 0.1) is 12.2 Å². The molecule has 0 saturated carbocycles. The molecule has 0 spiro atoms. The predicted octanol–water partition coefficient (Wildman–Crippen LogP) is 1.79. The fourth-order valence-corrected chi connectivity index (χ4v) is 4.12. The lowest BCUT2D eigenvalue weighted by molar-refractivity contribution is 0.0704. The number of rotatable bonds is 3. The smallest absolute Gasteiger partial charge is 0.271 e. The van der Waals surface area contributed by atoms with Crippen molar-refractivity contribution in [1.82, 2.24) is 35.2 Å². The van der Waals surface area contributed by atoms with Crippen molar-refractivity contribution in [1.29, 1.82) is 0 Å². The predicted molar refractivity (Wildman–Crippen MR) is 104 cm³/mol. The Morgan fingerprint density at radius 3 is 2.71 bits per heavy atom. The minimum absolute atomic E-state index is 0.0144. The van der Waals surface area contributed by atoms with E-state index >= 15 is 0 Å². The largest absolute Gasteiger partial charge is 0.337 e. The molecule has 5 rings (SSSR count). The number of benzene rings is 1. The molecule has 8 heteroatoms. The summed E-state index contributed by atoms with van der Waals surface area (Å²) in [6.07, 6.45) is 1.83. The van der Waals surface area contributed by atoms with Gasteiger partial charge in [-0.2, -0.15) is 5.10 Å². The second kappa shape index (κ2) is 7.20. The number of hydrogen-bond donors (Lipinski definition) is 2. The Hall–Kier alpha value is -3.00. The number of amides is 1. The normalized spacial score (nSPS) is 17.5. The summed E-state index contributed by atoms with van der Waals surface area (Å²) < 4.78 is 2.25. The summed E-state index contributed by atoms with van der Waals surface area (Å²) >= 11 is 0. The first-order chi connectivity index (χ1) is 13.8. The highest BCUT2D eigenvalue weighted by Crippen LogP contribution is 2.28. The van der Waals surface area contributed by atoms with Gasteiger partial charge in [-0.25, -0.2) is 0 Å². The van der Waals surface area contributed by atoms with Gasteiger partial charge < -0.3 is 14.8 Å². The van der Waals surface area contributed by atoms with Crippen LogP contribution < -0.4 is 5.32 Å². The number of aromatic nitrogens is 5. The average Bonchev–Trinajstić information content (AvgIpc) is 3.42. The van der Waals surface area contributed by atoms with Gasteiger partial charge in [0, 0.05) is 37.7 Å². The van der Waals surface area contributed by atoms with E-state index in [0.29, 0.717) is 11.6 Å². The van der Waals surface area contributed by atoms with Crippen LogP contribution in [0.25, 0.3) is 11.3 Å². The summed E-state index contributed by atoms with van der Waals surface area (Å²) in [7, 11) is 0. The topological polar surface area (TPSA) is 91.7 Å². The molecular formula is C20H23N7O. The highest BCUT2D eigenvalue weighted by Gasteiger charge is 2.29. The molecule has 1 fully saturated rings. The maximum atomic E-state index is 12.9. The van der Waals surface area contributed by atoms with E-state index in [1.807, 2.05) is 41.3 Å². The number of fused-ring (bicyclic) bond motifs is 1. The molecule has 28 heavy (non-hydrogen) atoms. The standard InChI is InChI=1S/C20H23N7O/c28-20(17-12-16(22-23-17)14-4-2-1-3-5-14)26-9-6-15(7-10-26)19-25-24-18-13-21-8-11-27(18)19/h1-5,12,15,21H,6-11,13H2,(H,22,23). The maximum absolute atomic E-state index is 12.9. The van der Waals surface area contributed by atoms with Gasteiger partial charge in [-0.3, -0.25) is 9.89 Å². The second-order valence-electron chi connectivity index (χ2n) is 7.40. The summed E-state index contributed by atoms with van der Waals surface area (Å²) in [4.78, 5) is 14.8. The van der Waals surface area contributed by atoms with E-state index in [-0.39, 0.29) is 5.91 Å². The molecule has 1 amide bonds. The van der Waals surface area contributed by atoms with Gasteiger partial charge in [-0.15, -0.1) is 10.2 Å². The van der Waals surface area contributed by atoms with Crippen LogP contribution in [0.1, 0.15) is 40.9 Å². The van der Waals surface area contributed by atoms with Crippen LogP contribution in [-0.4, -0.2) is 55.4 Å². The van der Waals surface area contributed by atoms with Crippen molar-refractivity contribution in [2.45, 2.75) is 31.8 Å². The van der Waals surface area contributed by atoms with Gasteiger partial charge in [0.1, 0.15) is 17.3 Å². The lowest BCUT2D eigenvalue weighted by Gasteiger charge is -2.31. The summed E-state index contributed by atoms with van der Waals surface area (Å²) in [5.41, 5.74) is 2.34. The zero-order valence-electron chi connectivity index (χ0n) is 15.6. The minimum atomic E-state index is 0.0144. The van der Waals surface area contributed by atoms with E-state index in [0.717, 1.165) is 68.5 Å². The van der Waals surface area contributed by atoms with Crippen LogP contribution in [0.4, 0.5) is 0 Å². The van der Waals surface area contributed by atoms with Gasteiger partial charge in [-0.1, -0.05) is 30.3 Å². The molecule has 0 unspecified atom stereocenters. The lowest BCUT2D eigenvalue weighted by atomic mass is 9.95. The summed E-state index contributed by atoms with van der Waals surface area (Å²) in [5, 5.41) is 19.3. The minimum Gasteiger partial charge on any atom is -0.337 e. The van der Waals surface area contributed by atoms with Crippen LogP contribution >= 0.6 is 0 Å². The number of carbonyl (C=O) groups is 1. The van der Waals surface area contributed by atoms with Crippen LogP contribution in [0.2, 0.25) is 0 Å². The molecule has 2 aliphatic heterocycles. The highest BCUT2D eigenvalue weighted by atomic mass is 16.2. The molecule has 2 N–H and O–H groups in total. The molecule has 2 aliphatic rings. The number of carbonyl (C=O) groups excluding carboxylic acids is 1. The van der Waals surface area contributed by atoms with Crippen molar-refractivity contribution in [2.24, 2.45) is 0 Å². The highest BCUT2D eigenvalue weighted by molar-refractivity contribution is 5.93. The van der Waals surface area contributed by atoms with Crippen molar-refractivity contribution in [3.63, 3.8) is 0 Å². The number of H-pyrrole nitrogens is 1.